The molecule has 1 aromatic heterocycles. The van der Waals surface area contributed by atoms with E-state index in [1.54, 1.807) is 24.3 Å². The molecule has 0 saturated heterocycles. The van der Waals surface area contributed by atoms with Gasteiger partial charge in [-0.2, -0.15) is 0 Å². The van der Waals surface area contributed by atoms with Crippen molar-refractivity contribution in [2.24, 2.45) is 0 Å². The Morgan fingerprint density at radius 2 is 1.93 bits per heavy atom. The van der Waals surface area contributed by atoms with Crippen LogP contribution in [0.1, 0.15) is 10.4 Å². The average molecular weight is 209 g/mol. The summed E-state index contributed by atoms with van der Waals surface area (Å²) in [5, 5.41) is 0.654. The maximum absolute atomic E-state index is 10.8. The smallest absolute Gasteiger partial charge is 0.228 e. The van der Waals surface area contributed by atoms with Gasteiger partial charge in [0.1, 0.15) is 0 Å². The standard InChI is InChI=1S/C9H7NO3S/c11-6-7-5-10(14(12)13)9-4-2-1-3-8(7)9/h1-6,14H. The molecule has 4 nitrogen and oxygen atoms in total. The molecule has 0 saturated carbocycles. The Morgan fingerprint density at radius 1 is 1.21 bits per heavy atom. The summed E-state index contributed by atoms with van der Waals surface area (Å²) in [5.74, 6) is 0. The highest BCUT2D eigenvalue weighted by Gasteiger charge is 2.07. The van der Waals surface area contributed by atoms with Crippen LogP contribution in [0.25, 0.3) is 10.9 Å². The number of rotatable bonds is 2. The van der Waals surface area contributed by atoms with Gasteiger partial charge in [-0.1, -0.05) is 18.2 Å². The van der Waals surface area contributed by atoms with Crippen molar-refractivity contribution in [3.05, 3.63) is 36.0 Å². The molecule has 0 radical (unpaired) electrons. The van der Waals surface area contributed by atoms with Gasteiger partial charge in [0.25, 0.3) is 0 Å². The number of benzene rings is 1. The first-order chi connectivity index (χ1) is 6.74. The SMILES string of the molecule is O=Cc1cn([SH](=O)=O)c2ccccc12. The van der Waals surface area contributed by atoms with E-state index in [0.29, 0.717) is 22.8 Å². The Labute approximate surface area is 81.9 Å². The van der Waals surface area contributed by atoms with Crippen molar-refractivity contribution in [3.8, 4) is 0 Å². The summed E-state index contributed by atoms with van der Waals surface area (Å²) in [6.45, 7) is 0. The number of fused-ring (bicyclic) bond motifs is 1. The average Bonchev–Trinajstić information content (AvgIpc) is 2.56. The van der Waals surface area contributed by atoms with E-state index < -0.39 is 10.9 Å². The number of carbonyl (C=O) groups excluding carboxylic acids is 1. The second-order valence-electron chi connectivity index (χ2n) is 2.80. The largest absolute Gasteiger partial charge is 0.298 e. The number of thiol groups is 1. The van der Waals surface area contributed by atoms with E-state index in [-0.39, 0.29) is 0 Å². The van der Waals surface area contributed by atoms with Crippen molar-refractivity contribution < 1.29 is 13.2 Å². The van der Waals surface area contributed by atoms with Crippen LogP contribution < -0.4 is 0 Å². The van der Waals surface area contributed by atoms with Crippen molar-refractivity contribution in [2.45, 2.75) is 0 Å². The van der Waals surface area contributed by atoms with Gasteiger partial charge in [-0.3, -0.25) is 4.79 Å². The molecule has 14 heavy (non-hydrogen) atoms. The molecular weight excluding hydrogens is 202 g/mol. The van der Waals surface area contributed by atoms with Crippen molar-refractivity contribution in [1.29, 1.82) is 0 Å². The molecule has 1 heterocycles. The van der Waals surface area contributed by atoms with Crippen LogP contribution in [-0.4, -0.2) is 18.7 Å². The van der Waals surface area contributed by atoms with E-state index in [1.807, 2.05) is 0 Å². The van der Waals surface area contributed by atoms with Gasteiger partial charge in [0.05, 0.1) is 5.52 Å². The topological polar surface area (TPSA) is 56.1 Å². The fourth-order valence-corrected chi connectivity index (χ4v) is 1.99. The fourth-order valence-electron chi connectivity index (χ4n) is 1.42. The summed E-state index contributed by atoms with van der Waals surface area (Å²) in [6, 6.07) is 6.87. The first-order valence-corrected chi connectivity index (χ1v) is 5.07. The van der Waals surface area contributed by atoms with E-state index >= 15 is 0 Å². The first-order valence-electron chi connectivity index (χ1n) is 3.94. The third-order valence-electron chi connectivity index (χ3n) is 2.03. The molecule has 2 rings (SSSR count). The lowest BCUT2D eigenvalue weighted by Gasteiger charge is -1.92. The highest BCUT2D eigenvalue weighted by Crippen LogP contribution is 2.19. The van der Waals surface area contributed by atoms with E-state index in [4.69, 9.17) is 0 Å². The minimum atomic E-state index is -2.72. The van der Waals surface area contributed by atoms with Crippen molar-refractivity contribution in [1.82, 2.24) is 3.97 Å². The van der Waals surface area contributed by atoms with E-state index in [9.17, 15) is 13.2 Å². The van der Waals surface area contributed by atoms with Gasteiger partial charge in [-0.25, -0.2) is 12.4 Å². The van der Waals surface area contributed by atoms with Crippen LogP contribution in [0.4, 0.5) is 0 Å². The molecule has 0 bridgehead atoms. The predicted molar refractivity (Wildman–Crippen MR) is 53.0 cm³/mol. The third kappa shape index (κ3) is 1.22. The monoisotopic (exact) mass is 209 g/mol. The lowest BCUT2D eigenvalue weighted by Crippen LogP contribution is -1.91. The van der Waals surface area contributed by atoms with Crippen LogP contribution in [-0.2, 0) is 10.9 Å². The molecule has 2 aromatic rings. The van der Waals surface area contributed by atoms with E-state index in [1.165, 1.54) is 6.20 Å². The van der Waals surface area contributed by atoms with Crippen LogP contribution in [0.5, 0.6) is 0 Å². The number of hydrogen-bond donors (Lipinski definition) is 1. The van der Waals surface area contributed by atoms with Crippen LogP contribution in [0.3, 0.4) is 0 Å². The number of carbonyl (C=O) groups is 1. The Hall–Kier alpha value is -1.62. The first kappa shape index (κ1) is 8.96. The second kappa shape index (κ2) is 3.26. The molecule has 72 valence electrons. The van der Waals surface area contributed by atoms with Crippen LogP contribution in [0.2, 0.25) is 0 Å². The number of nitrogens with zero attached hydrogens (tertiary/aromatic N) is 1. The maximum Gasteiger partial charge on any atom is 0.228 e. The second-order valence-corrected chi connectivity index (χ2v) is 3.71. The van der Waals surface area contributed by atoms with E-state index in [0.717, 1.165) is 3.97 Å². The lowest BCUT2D eigenvalue weighted by molar-refractivity contribution is 0.112. The minimum absolute atomic E-state index is 0.389. The van der Waals surface area contributed by atoms with Gasteiger partial charge < -0.3 is 0 Å². The molecule has 0 N–H and O–H groups in total. The third-order valence-corrected chi connectivity index (χ3v) is 2.71. The summed E-state index contributed by atoms with van der Waals surface area (Å²) < 4.78 is 22.7. The predicted octanol–water partition coefficient (Wildman–Crippen LogP) is 0.828. The summed E-state index contributed by atoms with van der Waals surface area (Å²) >= 11 is 0. The Bertz CT molecular complexity index is 560. The molecule has 0 fully saturated rings. The highest BCUT2D eigenvalue weighted by molar-refractivity contribution is 7.71. The molecule has 0 amide bonds. The van der Waals surface area contributed by atoms with Gasteiger partial charge in [-0.15, -0.1) is 0 Å². The number of aldehydes is 1. The molecule has 0 spiro atoms. The molecular formula is C9H7NO3S. The highest BCUT2D eigenvalue weighted by atomic mass is 32.2. The zero-order valence-corrected chi connectivity index (χ0v) is 7.98. The van der Waals surface area contributed by atoms with Gasteiger partial charge >= 0.3 is 0 Å². The van der Waals surface area contributed by atoms with Gasteiger partial charge in [-0.05, 0) is 6.07 Å². The fraction of sp³-hybridized carbons (Fsp3) is 0. The normalized spacial score (nSPS) is 10.9. The Balaban J connectivity index is 2.93. The van der Waals surface area contributed by atoms with Gasteiger partial charge in [0.15, 0.2) is 6.29 Å². The Kier molecular flexibility index (Phi) is 2.09. The summed E-state index contributed by atoms with van der Waals surface area (Å²) in [6.07, 6.45) is 1.97. The van der Waals surface area contributed by atoms with Crippen LogP contribution >= 0.6 is 0 Å². The minimum Gasteiger partial charge on any atom is -0.298 e. The number of para-hydroxylation sites is 1. The molecule has 0 aliphatic heterocycles. The number of hydrogen-bond acceptors (Lipinski definition) is 3. The quantitative estimate of drug-likeness (QED) is 0.588. The molecule has 0 atom stereocenters. The lowest BCUT2D eigenvalue weighted by atomic mass is 10.2. The van der Waals surface area contributed by atoms with Crippen LogP contribution in [0, 0.1) is 0 Å². The molecule has 5 heteroatoms. The zero-order valence-electron chi connectivity index (χ0n) is 7.08. The van der Waals surface area contributed by atoms with E-state index in [2.05, 4.69) is 0 Å². The maximum atomic E-state index is 10.8. The van der Waals surface area contributed by atoms with Crippen molar-refractivity contribution >= 4 is 28.1 Å². The van der Waals surface area contributed by atoms with Gasteiger partial charge in [0.2, 0.25) is 10.9 Å². The van der Waals surface area contributed by atoms with Crippen LogP contribution in [0.15, 0.2) is 30.5 Å². The van der Waals surface area contributed by atoms with Crippen molar-refractivity contribution in [3.63, 3.8) is 0 Å². The summed E-state index contributed by atoms with van der Waals surface area (Å²) in [7, 11) is -2.72. The zero-order chi connectivity index (χ0) is 10.1. The molecule has 0 aliphatic carbocycles. The summed E-state index contributed by atoms with van der Waals surface area (Å²) in [5.41, 5.74) is 0.922. The summed E-state index contributed by atoms with van der Waals surface area (Å²) in [4.78, 5) is 10.6. The molecule has 0 unspecified atom stereocenters. The molecule has 1 aromatic carbocycles. The Morgan fingerprint density at radius 3 is 2.57 bits per heavy atom. The number of aromatic nitrogens is 1. The van der Waals surface area contributed by atoms with Gasteiger partial charge in [0, 0.05) is 17.1 Å². The molecule has 0 aliphatic rings. The van der Waals surface area contributed by atoms with Crippen molar-refractivity contribution in [2.75, 3.05) is 0 Å².